The van der Waals surface area contributed by atoms with Gasteiger partial charge in [-0.3, -0.25) is 0 Å². The summed E-state index contributed by atoms with van der Waals surface area (Å²) in [4.78, 5) is 16.0. The van der Waals surface area contributed by atoms with Gasteiger partial charge in [-0.05, 0) is 45.4 Å². The fraction of sp³-hybridized carbons (Fsp3) is 0.778. The zero-order valence-corrected chi connectivity index (χ0v) is 15.0. The summed E-state index contributed by atoms with van der Waals surface area (Å²) in [5.41, 5.74) is 0.725. The van der Waals surface area contributed by atoms with Crippen molar-refractivity contribution in [3.63, 3.8) is 0 Å². The Balaban J connectivity index is 1.78. The Morgan fingerprint density at radius 1 is 1.43 bits per heavy atom. The Morgan fingerprint density at radius 2 is 2.22 bits per heavy atom. The Kier molecular flexibility index (Phi) is 6.08. The molecule has 1 aromatic rings. The molecule has 1 saturated carbocycles. The summed E-state index contributed by atoms with van der Waals surface area (Å²) in [6, 6.07) is 0. The van der Waals surface area contributed by atoms with Crippen LogP contribution in [0.2, 0.25) is 0 Å². The van der Waals surface area contributed by atoms with Gasteiger partial charge in [0.15, 0.2) is 0 Å². The third-order valence-electron chi connectivity index (χ3n) is 4.35. The van der Waals surface area contributed by atoms with Crippen molar-refractivity contribution >= 4 is 6.09 Å². The summed E-state index contributed by atoms with van der Waals surface area (Å²) in [6.07, 6.45) is 9.59. The third kappa shape index (κ3) is 6.24. The first-order chi connectivity index (χ1) is 10.8. The van der Waals surface area contributed by atoms with Crippen LogP contribution in [0.3, 0.4) is 0 Å². The van der Waals surface area contributed by atoms with Gasteiger partial charge in [-0.2, -0.15) is 0 Å². The van der Waals surface area contributed by atoms with Gasteiger partial charge < -0.3 is 14.6 Å². The minimum Gasteiger partial charge on any atom is -0.444 e. The summed E-state index contributed by atoms with van der Waals surface area (Å²) in [5, 5.41) is 2.81. The molecule has 0 radical (unpaired) electrons. The van der Waals surface area contributed by atoms with E-state index in [2.05, 4.69) is 21.8 Å². The number of nitrogens with one attached hydrogen (secondary N) is 1. The van der Waals surface area contributed by atoms with Crippen molar-refractivity contribution in [3.05, 3.63) is 18.2 Å². The summed E-state index contributed by atoms with van der Waals surface area (Å²) >= 11 is 0. The molecule has 0 aromatic carbocycles. The maximum absolute atomic E-state index is 11.7. The number of carbonyl (C=O) groups is 1. The van der Waals surface area contributed by atoms with E-state index in [1.165, 1.54) is 31.4 Å². The molecule has 23 heavy (non-hydrogen) atoms. The number of carbonyl (C=O) groups excluding carboxylic acids is 1. The van der Waals surface area contributed by atoms with Crippen molar-refractivity contribution in [1.29, 1.82) is 0 Å². The molecule has 0 saturated heterocycles. The Morgan fingerprint density at radius 3 is 2.91 bits per heavy atom. The van der Waals surface area contributed by atoms with Crippen LogP contribution in [-0.2, 0) is 17.7 Å². The zero-order valence-electron chi connectivity index (χ0n) is 15.0. The Hall–Kier alpha value is -1.52. The third-order valence-corrected chi connectivity index (χ3v) is 4.35. The van der Waals surface area contributed by atoms with E-state index in [4.69, 9.17) is 4.74 Å². The molecular formula is C18H31N3O2. The van der Waals surface area contributed by atoms with Crippen LogP contribution in [0.1, 0.15) is 59.1 Å². The molecule has 1 N–H and O–H groups in total. The molecule has 0 bridgehead atoms. The minimum absolute atomic E-state index is 0.357. The lowest BCUT2D eigenvalue weighted by molar-refractivity contribution is 0.0528. The second kappa shape index (κ2) is 7.84. The second-order valence-electron chi connectivity index (χ2n) is 7.85. The molecule has 1 amide bonds. The highest BCUT2D eigenvalue weighted by Gasteiger charge is 2.20. The van der Waals surface area contributed by atoms with Crippen LogP contribution in [0.15, 0.2) is 12.5 Å². The molecular weight excluding hydrogens is 290 g/mol. The van der Waals surface area contributed by atoms with Gasteiger partial charge in [0, 0.05) is 31.4 Å². The van der Waals surface area contributed by atoms with Crippen molar-refractivity contribution in [1.82, 2.24) is 14.9 Å². The monoisotopic (exact) mass is 321 g/mol. The fourth-order valence-corrected chi connectivity index (χ4v) is 3.33. The first kappa shape index (κ1) is 17.8. The molecule has 130 valence electrons. The summed E-state index contributed by atoms with van der Waals surface area (Å²) < 4.78 is 7.50. The summed E-state index contributed by atoms with van der Waals surface area (Å²) in [5.74, 6) is 1.60. The number of alkyl carbamates (subject to hydrolysis) is 1. The second-order valence-corrected chi connectivity index (χ2v) is 7.85. The highest BCUT2D eigenvalue weighted by Crippen LogP contribution is 2.29. The van der Waals surface area contributed by atoms with E-state index < -0.39 is 5.60 Å². The standard InChI is InChI=1S/C18H31N3O2/c1-14-6-5-7-15(10-14)12-21-13-19-11-16(21)8-9-20-17(22)23-18(2,3)4/h11,13-15H,5-10,12H2,1-4H3,(H,20,22). The molecule has 0 spiro atoms. The van der Waals surface area contributed by atoms with Gasteiger partial charge in [-0.25, -0.2) is 9.78 Å². The number of hydrogen-bond acceptors (Lipinski definition) is 3. The van der Waals surface area contributed by atoms with Crippen molar-refractivity contribution in [3.8, 4) is 0 Å². The largest absolute Gasteiger partial charge is 0.444 e. The van der Waals surface area contributed by atoms with Gasteiger partial charge in [0.1, 0.15) is 5.60 Å². The lowest BCUT2D eigenvalue weighted by Gasteiger charge is -2.27. The van der Waals surface area contributed by atoms with E-state index in [1.54, 1.807) is 0 Å². The molecule has 1 heterocycles. The van der Waals surface area contributed by atoms with E-state index in [0.29, 0.717) is 6.54 Å². The topological polar surface area (TPSA) is 56.2 Å². The highest BCUT2D eigenvalue weighted by molar-refractivity contribution is 5.67. The molecule has 1 aromatic heterocycles. The van der Waals surface area contributed by atoms with Crippen molar-refractivity contribution < 1.29 is 9.53 Å². The maximum atomic E-state index is 11.7. The van der Waals surface area contributed by atoms with Crippen LogP contribution in [0.25, 0.3) is 0 Å². The smallest absolute Gasteiger partial charge is 0.407 e. The predicted octanol–water partition coefficient (Wildman–Crippen LogP) is 3.78. The number of amides is 1. The van der Waals surface area contributed by atoms with Gasteiger partial charge in [0.25, 0.3) is 0 Å². The van der Waals surface area contributed by atoms with Gasteiger partial charge in [0.05, 0.1) is 6.33 Å². The molecule has 2 rings (SSSR count). The zero-order chi connectivity index (χ0) is 16.9. The molecule has 1 aliphatic carbocycles. The number of hydrogen-bond donors (Lipinski definition) is 1. The summed E-state index contributed by atoms with van der Waals surface area (Å²) in [6.45, 7) is 9.58. The summed E-state index contributed by atoms with van der Waals surface area (Å²) in [7, 11) is 0. The Labute approximate surface area is 139 Å². The van der Waals surface area contributed by atoms with Gasteiger partial charge >= 0.3 is 6.09 Å². The van der Waals surface area contributed by atoms with Crippen molar-refractivity contribution in [2.24, 2.45) is 11.8 Å². The number of imidazole rings is 1. The molecule has 2 atom stereocenters. The molecule has 5 nitrogen and oxygen atoms in total. The van der Waals surface area contributed by atoms with Crippen LogP contribution in [-0.4, -0.2) is 27.8 Å². The number of nitrogens with zero attached hydrogens (tertiary/aromatic N) is 2. The van der Waals surface area contributed by atoms with Crippen LogP contribution in [0.5, 0.6) is 0 Å². The average Bonchev–Trinajstić information content (AvgIpc) is 2.84. The normalized spacial score (nSPS) is 21.9. The van der Waals surface area contributed by atoms with Gasteiger partial charge in [0.2, 0.25) is 0 Å². The SMILES string of the molecule is CC1CCCC(Cn2cncc2CCNC(=O)OC(C)(C)C)C1. The van der Waals surface area contributed by atoms with Crippen molar-refractivity contribution in [2.75, 3.05) is 6.54 Å². The van der Waals surface area contributed by atoms with E-state index in [1.807, 2.05) is 33.3 Å². The van der Waals surface area contributed by atoms with Crippen LogP contribution >= 0.6 is 0 Å². The number of rotatable bonds is 5. The minimum atomic E-state index is -0.455. The van der Waals surface area contributed by atoms with Gasteiger partial charge in [-0.15, -0.1) is 0 Å². The van der Waals surface area contributed by atoms with E-state index in [9.17, 15) is 4.79 Å². The first-order valence-corrected chi connectivity index (χ1v) is 8.79. The van der Waals surface area contributed by atoms with Crippen molar-refractivity contribution in [2.45, 2.75) is 71.9 Å². The maximum Gasteiger partial charge on any atom is 0.407 e. The highest BCUT2D eigenvalue weighted by atomic mass is 16.6. The average molecular weight is 321 g/mol. The molecule has 0 aliphatic heterocycles. The van der Waals surface area contributed by atoms with Crippen LogP contribution < -0.4 is 5.32 Å². The van der Waals surface area contributed by atoms with Crippen LogP contribution in [0, 0.1) is 11.8 Å². The lowest BCUT2D eigenvalue weighted by atomic mass is 9.82. The molecule has 5 heteroatoms. The van der Waals surface area contributed by atoms with E-state index in [0.717, 1.165) is 24.8 Å². The molecule has 2 unspecified atom stereocenters. The number of ether oxygens (including phenoxy) is 1. The quantitative estimate of drug-likeness (QED) is 0.898. The molecule has 1 fully saturated rings. The van der Waals surface area contributed by atoms with Gasteiger partial charge in [-0.1, -0.05) is 19.8 Å². The predicted molar refractivity (Wildman–Crippen MR) is 91.3 cm³/mol. The lowest BCUT2D eigenvalue weighted by Crippen LogP contribution is -2.33. The van der Waals surface area contributed by atoms with E-state index >= 15 is 0 Å². The van der Waals surface area contributed by atoms with Crippen LogP contribution in [0.4, 0.5) is 4.79 Å². The first-order valence-electron chi connectivity index (χ1n) is 8.79. The van der Waals surface area contributed by atoms with E-state index in [-0.39, 0.29) is 6.09 Å². The fourth-order valence-electron chi connectivity index (χ4n) is 3.33. The Bertz CT molecular complexity index is 505. The molecule has 1 aliphatic rings. The number of aromatic nitrogens is 2.